The Labute approximate surface area is 218 Å². The Kier molecular flexibility index (Phi) is 5.57. The Morgan fingerprint density at radius 1 is 1.06 bits per heavy atom. The number of allylic oxidation sites excluding steroid dienone is 2. The van der Waals surface area contributed by atoms with Gasteiger partial charge in [0.2, 0.25) is 17.7 Å². The molecular weight excluding hydrogens is 490 g/mol. The first-order valence-corrected chi connectivity index (χ1v) is 13.9. The molecule has 3 aliphatic rings. The van der Waals surface area contributed by atoms with E-state index >= 15 is 0 Å². The smallest absolute Gasteiger partial charge is 0.238 e. The van der Waals surface area contributed by atoms with Crippen molar-refractivity contribution in [3.63, 3.8) is 0 Å². The Morgan fingerprint density at radius 2 is 1.69 bits per heavy atom. The fourth-order valence-electron chi connectivity index (χ4n) is 6.05. The Morgan fingerprint density at radius 3 is 2.33 bits per heavy atom. The summed E-state index contributed by atoms with van der Waals surface area (Å²) in [4.78, 5) is 45.4. The molecule has 0 unspecified atom stereocenters. The molecule has 2 fully saturated rings. The Hall–Kier alpha value is -2.97. The molecule has 0 spiro atoms. The summed E-state index contributed by atoms with van der Waals surface area (Å²) in [7, 11) is 0. The van der Waals surface area contributed by atoms with Crippen LogP contribution >= 0.6 is 23.1 Å². The number of fused-ring (bicyclic) bond motifs is 6. The highest BCUT2D eigenvalue weighted by atomic mass is 32.2. The Bertz CT molecular complexity index is 1420. The zero-order valence-corrected chi connectivity index (χ0v) is 22.2. The summed E-state index contributed by atoms with van der Waals surface area (Å²) < 4.78 is 1.67. The molecule has 1 saturated heterocycles. The molecular formula is C28H27N3O3S2. The molecule has 1 aromatic heterocycles. The third kappa shape index (κ3) is 3.69. The van der Waals surface area contributed by atoms with Crippen LogP contribution in [0, 0.1) is 44.4 Å². The fraction of sp³-hybridized carbons (Fsp3) is 0.357. The van der Waals surface area contributed by atoms with Crippen molar-refractivity contribution in [1.82, 2.24) is 4.98 Å². The van der Waals surface area contributed by atoms with Gasteiger partial charge in [0.15, 0.2) is 4.34 Å². The SMILES string of the molecule is Cc1cc(C)c(NC(=O)[C@@H](C)Sc2nc3ccc(N4C(=O)[C@@H]5[C@H](C4=O)[C@H]4C=C[C@H]5C4)cc3s2)c(C)c1. The minimum absolute atomic E-state index is 0.0713. The predicted molar refractivity (Wildman–Crippen MR) is 144 cm³/mol. The van der Waals surface area contributed by atoms with Gasteiger partial charge in [-0.3, -0.25) is 14.4 Å². The van der Waals surface area contributed by atoms with E-state index in [-0.39, 0.29) is 46.6 Å². The maximum absolute atomic E-state index is 13.2. The van der Waals surface area contributed by atoms with Crippen molar-refractivity contribution in [2.75, 3.05) is 10.2 Å². The number of hydrogen-bond acceptors (Lipinski definition) is 6. The third-order valence-corrected chi connectivity index (χ3v) is 9.87. The first-order chi connectivity index (χ1) is 17.2. The normalized spacial score (nSPS) is 25.2. The highest BCUT2D eigenvalue weighted by molar-refractivity contribution is 8.02. The summed E-state index contributed by atoms with van der Waals surface area (Å²) >= 11 is 2.89. The van der Waals surface area contributed by atoms with Gasteiger partial charge in [-0.15, -0.1) is 11.3 Å². The standard InChI is InChI=1S/C28H27N3O3S2/c1-13-9-14(2)24(15(3)10-13)30-25(32)16(4)35-28-29-20-8-7-19(12-21(20)36-28)31-26(33)22-17-5-6-18(11-17)23(22)27(31)34/h5-10,12,16-18,22-23H,11H2,1-4H3,(H,30,32)/t16-,17+,18+,22-,23+/m1/s1. The van der Waals surface area contributed by atoms with Crippen molar-refractivity contribution >= 4 is 62.4 Å². The highest BCUT2D eigenvalue weighted by Gasteiger charge is 2.59. The number of imide groups is 1. The van der Waals surface area contributed by atoms with Crippen LogP contribution in [-0.2, 0) is 14.4 Å². The van der Waals surface area contributed by atoms with Crippen LogP contribution in [0.5, 0.6) is 0 Å². The van der Waals surface area contributed by atoms with E-state index in [9.17, 15) is 14.4 Å². The minimum Gasteiger partial charge on any atom is -0.325 e. The van der Waals surface area contributed by atoms with Crippen molar-refractivity contribution in [3.8, 4) is 0 Å². The molecule has 5 atom stereocenters. The summed E-state index contributed by atoms with van der Waals surface area (Å²) in [5.41, 5.74) is 5.53. The highest BCUT2D eigenvalue weighted by Crippen LogP contribution is 2.53. The van der Waals surface area contributed by atoms with Gasteiger partial charge in [0.1, 0.15) is 0 Å². The molecule has 8 heteroatoms. The number of aryl methyl sites for hydroxylation is 3. The van der Waals surface area contributed by atoms with E-state index in [0.717, 1.165) is 37.8 Å². The minimum atomic E-state index is -0.339. The topological polar surface area (TPSA) is 79.4 Å². The van der Waals surface area contributed by atoms with Crippen LogP contribution in [0.1, 0.15) is 30.0 Å². The average molecular weight is 518 g/mol. The first kappa shape index (κ1) is 23.4. The van der Waals surface area contributed by atoms with E-state index in [4.69, 9.17) is 0 Å². The number of amides is 3. The molecule has 2 bridgehead atoms. The van der Waals surface area contributed by atoms with Crippen molar-refractivity contribution in [2.24, 2.45) is 23.7 Å². The molecule has 0 radical (unpaired) electrons. The lowest BCUT2D eigenvalue weighted by Gasteiger charge is -2.17. The van der Waals surface area contributed by atoms with Crippen molar-refractivity contribution in [2.45, 2.75) is 43.7 Å². The van der Waals surface area contributed by atoms with E-state index < -0.39 is 0 Å². The predicted octanol–water partition coefficient (Wildman–Crippen LogP) is 5.65. The maximum Gasteiger partial charge on any atom is 0.238 e. The molecule has 1 N–H and O–H groups in total. The van der Waals surface area contributed by atoms with Gasteiger partial charge in [-0.05, 0) is 75.3 Å². The third-order valence-electron chi connectivity index (χ3n) is 7.65. The van der Waals surface area contributed by atoms with Crippen LogP contribution in [0.25, 0.3) is 10.2 Å². The number of carbonyl (C=O) groups excluding carboxylic acids is 3. The molecule has 2 aromatic carbocycles. The number of thioether (sulfide) groups is 1. The molecule has 1 aliphatic heterocycles. The van der Waals surface area contributed by atoms with Gasteiger partial charge in [0, 0.05) is 5.69 Å². The number of nitrogens with zero attached hydrogens (tertiary/aromatic N) is 2. The molecule has 2 heterocycles. The Balaban J connectivity index is 1.19. The molecule has 36 heavy (non-hydrogen) atoms. The largest absolute Gasteiger partial charge is 0.325 e. The van der Waals surface area contributed by atoms with Crippen molar-refractivity contribution in [3.05, 3.63) is 59.2 Å². The second-order valence-electron chi connectivity index (χ2n) is 10.2. The van der Waals surface area contributed by atoms with E-state index in [1.165, 1.54) is 33.6 Å². The molecule has 2 aliphatic carbocycles. The van der Waals surface area contributed by atoms with Gasteiger partial charge in [0.25, 0.3) is 0 Å². The summed E-state index contributed by atoms with van der Waals surface area (Å²) in [6.45, 7) is 7.93. The number of nitrogens with one attached hydrogen (secondary N) is 1. The van der Waals surface area contributed by atoms with Crippen LogP contribution < -0.4 is 10.2 Å². The molecule has 184 valence electrons. The van der Waals surface area contributed by atoms with Crippen molar-refractivity contribution in [1.29, 1.82) is 0 Å². The van der Waals surface area contributed by atoms with Crippen LogP contribution in [0.15, 0.2) is 46.8 Å². The van der Waals surface area contributed by atoms with Crippen molar-refractivity contribution < 1.29 is 14.4 Å². The average Bonchev–Trinajstić information content (AvgIpc) is 3.58. The van der Waals surface area contributed by atoms with Gasteiger partial charge in [-0.25, -0.2) is 9.88 Å². The quantitative estimate of drug-likeness (QED) is 0.269. The number of carbonyl (C=O) groups is 3. The fourth-order valence-corrected chi connectivity index (χ4v) is 8.29. The number of thiazole rings is 1. The number of anilines is 2. The summed E-state index contributed by atoms with van der Waals surface area (Å²) in [5, 5.41) is 2.74. The van der Waals surface area contributed by atoms with Crippen LogP contribution in [0.3, 0.4) is 0 Å². The second-order valence-corrected chi connectivity index (χ2v) is 12.8. The molecule has 3 aromatic rings. The first-order valence-electron chi connectivity index (χ1n) is 12.2. The number of aromatic nitrogens is 1. The lowest BCUT2D eigenvalue weighted by molar-refractivity contribution is -0.123. The van der Waals surface area contributed by atoms with Gasteiger partial charge < -0.3 is 5.32 Å². The van der Waals surface area contributed by atoms with E-state index in [1.54, 1.807) is 0 Å². The summed E-state index contributed by atoms with van der Waals surface area (Å²) in [6.07, 6.45) is 5.13. The van der Waals surface area contributed by atoms with Crippen LogP contribution in [0.4, 0.5) is 11.4 Å². The lowest BCUT2D eigenvalue weighted by atomic mass is 9.85. The maximum atomic E-state index is 13.2. The van der Waals surface area contributed by atoms with Crippen LogP contribution in [-0.4, -0.2) is 28.0 Å². The van der Waals surface area contributed by atoms with Gasteiger partial charge in [-0.2, -0.15) is 0 Å². The molecule has 6 nitrogen and oxygen atoms in total. The van der Waals surface area contributed by atoms with Gasteiger partial charge in [-0.1, -0.05) is 41.6 Å². The zero-order valence-electron chi connectivity index (χ0n) is 20.6. The molecule has 3 amide bonds. The molecule has 1 saturated carbocycles. The van der Waals surface area contributed by atoms with E-state index in [1.807, 2.05) is 45.9 Å². The van der Waals surface area contributed by atoms with E-state index in [0.29, 0.717) is 5.69 Å². The molecule has 6 rings (SSSR count). The number of benzene rings is 2. The number of rotatable bonds is 5. The number of hydrogen-bond donors (Lipinski definition) is 1. The van der Waals surface area contributed by atoms with Crippen LogP contribution in [0.2, 0.25) is 0 Å². The lowest BCUT2D eigenvalue weighted by Crippen LogP contribution is -2.32. The van der Waals surface area contributed by atoms with Gasteiger partial charge in [0.05, 0.1) is 33.0 Å². The summed E-state index contributed by atoms with van der Waals surface area (Å²) in [5.74, 6) is -0.266. The van der Waals surface area contributed by atoms with Gasteiger partial charge >= 0.3 is 0 Å². The monoisotopic (exact) mass is 517 g/mol. The zero-order chi connectivity index (χ0) is 25.3. The second kappa shape index (κ2) is 8.56. The summed E-state index contributed by atoms with van der Waals surface area (Å²) in [6, 6.07) is 9.68. The van der Waals surface area contributed by atoms with E-state index in [2.05, 4.69) is 34.6 Å².